The number of nitrogens with zero attached hydrogens (tertiary/aromatic N) is 5. The number of pyridine rings is 1. The summed E-state index contributed by atoms with van der Waals surface area (Å²) in [5.74, 6) is 2.03. The van der Waals surface area contributed by atoms with Crippen molar-refractivity contribution < 1.29 is 4.52 Å². The smallest absolute Gasteiger partial charge is 0.240 e. The van der Waals surface area contributed by atoms with E-state index in [1.54, 1.807) is 0 Å². The number of hydrogen-bond acceptors (Lipinski definition) is 6. The molecule has 3 rings (SSSR count). The molecule has 1 saturated heterocycles. The lowest BCUT2D eigenvalue weighted by Crippen LogP contribution is -2.30. The summed E-state index contributed by atoms with van der Waals surface area (Å²) in [6.07, 6.45) is 5.02. The molecule has 0 spiro atoms. The van der Waals surface area contributed by atoms with Gasteiger partial charge in [-0.15, -0.1) is 0 Å². The van der Waals surface area contributed by atoms with Crippen molar-refractivity contribution in [3.63, 3.8) is 0 Å². The van der Waals surface area contributed by atoms with Crippen LogP contribution in [-0.2, 0) is 12.0 Å². The first-order valence-corrected chi connectivity index (χ1v) is 8.96. The molecule has 0 bridgehead atoms. The van der Waals surface area contributed by atoms with E-state index in [0.717, 1.165) is 18.9 Å². The molecule has 1 aliphatic heterocycles. The van der Waals surface area contributed by atoms with Crippen LogP contribution in [0.1, 0.15) is 50.5 Å². The molecular formula is C19H29N5O. The summed E-state index contributed by atoms with van der Waals surface area (Å²) in [7, 11) is 4.32. The number of hydrogen-bond donors (Lipinski definition) is 0. The predicted octanol–water partition coefficient (Wildman–Crippen LogP) is 2.89. The molecule has 136 valence electrons. The lowest BCUT2D eigenvalue weighted by molar-refractivity contribution is 0.197. The zero-order valence-corrected chi connectivity index (χ0v) is 15.9. The van der Waals surface area contributed by atoms with Gasteiger partial charge in [0.25, 0.3) is 0 Å². The van der Waals surface area contributed by atoms with Gasteiger partial charge >= 0.3 is 0 Å². The number of aromatic nitrogens is 3. The topological polar surface area (TPSA) is 58.3 Å². The molecule has 6 nitrogen and oxygen atoms in total. The fourth-order valence-corrected chi connectivity index (χ4v) is 3.61. The maximum atomic E-state index is 5.44. The Balaban J connectivity index is 1.64. The minimum Gasteiger partial charge on any atom is -0.338 e. The van der Waals surface area contributed by atoms with Gasteiger partial charge in [0.1, 0.15) is 0 Å². The van der Waals surface area contributed by atoms with Crippen molar-refractivity contribution in [1.29, 1.82) is 0 Å². The van der Waals surface area contributed by atoms with E-state index in [0.29, 0.717) is 24.4 Å². The molecule has 0 unspecified atom stereocenters. The second-order valence-electron chi connectivity index (χ2n) is 8.22. The van der Waals surface area contributed by atoms with Crippen LogP contribution in [-0.4, -0.2) is 52.1 Å². The molecule has 2 aromatic heterocycles. The number of likely N-dealkylation sites (tertiary alicyclic amines) is 1. The molecule has 0 aromatic carbocycles. The third-order valence-corrected chi connectivity index (χ3v) is 4.89. The van der Waals surface area contributed by atoms with Gasteiger partial charge in [0.15, 0.2) is 5.82 Å². The molecule has 25 heavy (non-hydrogen) atoms. The zero-order chi connectivity index (χ0) is 18.0. The Morgan fingerprint density at radius 3 is 2.80 bits per heavy atom. The van der Waals surface area contributed by atoms with E-state index in [4.69, 9.17) is 4.52 Å². The van der Waals surface area contributed by atoms with E-state index in [1.165, 1.54) is 12.0 Å². The molecule has 6 heteroatoms. The second kappa shape index (κ2) is 7.22. The molecule has 0 aliphatic carbocycles. The molecule has 0 N–H and O–H groups in total. The van der Waals surface area contributed by atoms with Crippen LogP contribution in [0.3, 0.4) is 0 Å². The first-order valence-electron chi connectivity index (χ1n) is 8.96. The van der Waals surface area contributed by atoms with Crippen molar-refractivity contribution >= 4 is 0 Å². The van der Waals surface area contributed by atoms with Gasteiger partial charge in [0.05, 0.1) is 6.54 Å². The average Bonchev–Trinajstić information content (AvgIpc) is 3.15. The van der Waals surface area contributed by atoms with Crippen molar-refractivity contribution in [2.45, 2.75) is 45.2 Å². The Hall–Kier alpha value is -1.79. The number of rotatable bonds is 5. The Kier molecular flexibility index (Phi) is 5.20. The molecule has 0 radical (unpaired) electrons. The first kappa shape index (κ1) is 18.0. The van der Waals surface area contributed by atoms with Crippen LogP contribution in [0.25, 0.3) is 0 Å². The van der Waals surface area contributed by atoms with E-state index in [2.05, 4.69) is 65.9 Å². The van der Waals surface area contributed by atoms with E-state index in [9.17, 15) is 0 Å². The zero-order valence-electron chi connectivity index (χ0n) is 15.9. The lowest BCUT2D eigenvalue weighted by Gasteiger charge is -2.28. The standard InChI is InChI=1S/C19H29N5O/c1-19(2,3)18-21-16(25-22-18)13-23(4)12-15-8-10-24(5)17(15)14-7-6-9-20-11-14/h6-7,9,11,15,17H,8,10,12-13H2,1-5H3/t15-,17-/m0/s1. The molecule has 0 saturated carbocycles. The molecule has 1 aliphatic rings. The second-order valence-corrected chi connectivity index (χ2v) is 8.22. The average molecular weight is 343 g/mol. The fraction of sp³-hybridized carbons (Fsp3) is 0.632. The predicted molar refractivity (Wildman–Crippen MR) is 97.0 cm³/mol. The van der Waals surface area contributed by atoms with Crippen molar-refractivity contribution in [3.8, 4) is 0 Å². The summed E-state index contributed by atoms with van der Waals surface area (Å²) in [6, 6.07) is 4.62. The summed E-state index contributed by atoms with van der Waals surface area (Å²) in [6.45, 7) is 9.08. The quantitative estimate of drug-likeness (QED) is 0.832. The SMILES string of the molecule is CN(Cc1nc(C(C)(C)C)no1)C[C@@H]1CCN(C)[C@H]1c1cccnc1. The Bertz CT molecular complexity index is 679. The Labute approximate surface area is 150 Å². The van der Waals surface area contributed by atoms with E-state index in [-0.39, 0.29) is 5.41 Å². The van der Waals surface area contributed by atoms with Gasteiger partial charge in [-0.05, 0) is 44.6 Å². The van der Waals surface area contributed by atoms with Crippen LogP contribution in [0.2, 0.25) is 0 Å². The maximum Gasteiger partial charge on any atom is 0.240 e. The van der Waals surface area contributed by atoms with Crippen molar-refractivity contribution in [3.05, 3.63) is 41.8 Å². The maximum absolute atomic E-state index is 5.44. The van der Waals surface area contributed by atoms with E-state index in [1.807, 2.05) is 18.5 Å². The Morgan fingerprint density at radius 1 is 1.36 bits per heavy atom. The van der Waals surface area contributed by atoms with Gasteiger partial charge in [-0.1, -0.05) is 32.0 Å². The van der Waals surface area contributed by atoms with E-state index >= 15 is 0 Å². The van der Waals surface area contributed by atoms with Gasteiger partial charge in [0, 0.05) is 30.4 Å². The van der Waals surface area contributed by atoms with Gasteiger partial charge in [-0.25, -0.2) is 0 Å². The van der Waals surface area contributed by atoms with E-state index < -0.39 is 0 Å². The summed E-state index contributed by atoms with van der Waals surface area (Å²) in [4.78, 5) is 13.6. The molecular weight excluding hydrogens is 314 g/mol. The summed E-state index contributed by atoms with van der Waals surface area (Å²) in [5.41, 5.74) is 1.22. The summed E-state index contributed by atoms with van der Waals surface area (Å²) >= 11 is 0. The Morgan fingerprint density at radius 2 is 2.16 bits per heavy atom. The highest BCUT2D eigenvalue weighted by atomic mass is 16.5. The molecule has 3 heterocycles. The van der Waals surface area contributed by atoms with Crippen LogP contribution in [0, 0.1) is 5.92 Å². The van der Waals surface area contributed by atoms with Crippen LogP contribution < -0.4 is 0 Å². The summed E-state index contributed by atoms with van der Waals surface area (Å²) < 4.78 is 5.44. The minimum atomic E-state index is -0.0834. The van der Waals surface area contributed by atoms with Crippen molar-refractivity contribution in [1.82, 2.24) is 24.9 Å². The van der Waals surface area contributed by atoms with Crippen LogP contribution >= 0.6 is 0 Å². The van der Waals surface area contributed by atoms with Crippen molar-refractivity contribution in [2.75, 3.05) is 27.2 Å². The highest BCUT2D eigenvalue weighted by molar-refractivity contribution is 5.17. The molecule has 2 aromatic rings. The van der Waals surface area contributed by atoms with Crippen LogP contribution in [0.4, 0.5) is 0 Å². The third kappa shape index (κ3) is 4.25. The summed E-state index contributed by atoms with van der Waals surface area (Å²) in [5, 5.41) is 4.12. The molecule has 1 fully saturated rings. The van der Waals surface area contributed by atoms with Gasteiger partial charge < -0.3 is 4.52 Å². The minimum absolute atomic E-state index is 0.0834. The highest BCUT2D eigenvalue weighted by Gasteiger charge is 2.34. The van der Waals surface area contributed by atoms with Crippen molar-refractivity contribution in [2.24, 2.45) is 5.92 Å². The largest absolute Gasteiger partial charge is 0.338 e. The van der Waals surface area contributed by atoms with Gasteiger partial charge in [0.2, 0.25) is 5.89 Å². The first-order chi connectivity index (χ1) is 11.8. The van der Waals surface area contributed by atoms with Gasteiger partial charge in [-0.2, -0.15) is 4.98 Å². The third-order valence-electron chi connectivity index (χ3n) is 4.89. The lowest BCUT2D eigenvalue weighted by atomic mass is 9.94. The monoisotopic (exact) mass is 343 g/mol. The highest BCUT2D eigenvalue weighted by Crippen LogP contribution is 2.36. The van der Waals surface area contributed by atoms with Gasteiger partial charge in [-0.3, -0.25) is 14.8 Å². The fourth-order valence-electron chi connectivity index (χ4n) is 3.61. The molecule has 2 atom stereocenters. The van der Waals surface area contributed by atoms with Crippen LogP contribution in [0.15, 0.2) is 29.0 Å². The molecule has 0 amide bonds. The van der Waals surface area contributed by atoms with Crippen LogP contribution in [0.5, 0.6) is 0 Å². The normalized spacial score (nSPS) is 22.0.